The fraction of sp³-hybridized carbons (Fsp3) is 0.429. The monoisotopic (exact) mass is 341 g/mol. The maximum atomic E-state index is 11.3. The van der Waals surface area contributed by atoms with E-state index in [4.69, 9.17) is 4.74 Å². The molecule has 1 fully saturated rings. The summed E-state index contributed by atoms with van der Waals surface area (Å²) in [6, 6.07) is 17.0. The van der Waals surface area contributed by atoms with Gasteiger partial charge in [0.1, 0.15) is 17.6 Å². The summed E-state index contributed by atoms with van der Waals surface area (Å²) in [5.74, 6) is 1.20. The average Bonchev–Trinajstić information content (AvgIpc) is 2.58. The molecule has 0 aromatic heterocycles. The van der Waals surface area contributed by atoms with Crippen LogP contribution in [0.1, 0.15) is 24.8 Å². The summed E-state index contributed by atoms with van der Waals surface area (Å²) in [6.07, 6.45) is 1.95. The maximum Gasteiger partial charge on any atom is 0.121 e. The lowest BCUT2D eigenvalue weighted by molar-refractivity contribution is -0.0665. The first-order valence-corrected chi connectivity index (χ1v) is 8.85. The van der Waals surface area contributed by atoms with E-state index in [0.717, 1.165) is 18.7 Å². The third kappa shape index (κ3) is 4.14. The Labute approximate surface area is 149 Å². The number of benzene rings is 2. The highest BCUT2D eigenvalue weighted by atomic mass is 16.5. The summed E-state index contributed by atoms with van der Waals surface area (Å²) in [7, 11) is 4.07. The maximum absolute atomic E-state index is 11.3. The molecule has 0 saturated heterocycles. The van der Waals surface area contributed by atoms with Gasteiger partial charge in [-0.05, 0) is 51.6 Å². The van der Waals surface area contributed by atoms with Crippen LogP contribution in [-0.4, -0.2) is 41.9 Å². The summed E-state index contributed by atoms with van der Waals surface area (Å²) < 4.78 is 6.23. The molecule has 1 aliphatic rings. The molecule has 4 nitrogen and oxygen atoms in total. The lowest BCUT2D eigenvalue weighted by atomic mass is 9.72. The van der Waals surface area contributed by atoms with Gasteiger partial charge in [-0.25, -0.2) is 0 Å². The van der Waals surface area contributed by atoms with E-state index in [9.17, 15) is 10.2 Å². The molecule has 2 aromatic rings. The molecule has 2 N–H and O–H groups in total. The second kappa shape index (κ2) is 7.46. The SMILES string of the molecule is CN(C)CC1CC(O)(c2ccccc2O)CCC1Oc1ccccc1. The lowest BCUT2D eigenvalue weighted by Gasteiger charge is -2.42. The van der Waals surface area contributed by atoms with E-state index in [-0.39, 0.29) is 17.8 Å². The van der Waals surface area contributed by atoms with Gasteiger partial charge in [0.15, 0.2) is 0 Å². The third-order valence-electron chi connectivity index (χ3n) is 5.00. The van der Waals surface area contributed by atoms with Gasteiger partial charge in [0.2, 0.25) is 0 Å². The Morgan fingerprint density at radius 1 is 1.08 bits per heavy atom. The van der Waals surface area contributed by atoms with Crippen LogP contribution in [0.4, 0.5) is 0 Å². The van der Waals surface area contributed by atoms with Gasteiger partial charge in [-0.1, -0.05) is 36.4 Å². The molecule has 3 atom stereocenters. The Kier molecular flexibility index (Phi) is 5.30. The molecule has 25 heavy (non-hydrogen) atoms. The van der Waals surface area contributed by atoms with Crippen LogP contribution in [0, 0.1) is 5.92 Å². The largest absolute Gasteiger partial charge is 0.508 e. The van der Waals surface area contributed by atoms with Gasteiger partial charge < -0.3 is 19.8 Å². The fourth-order valence-corrected chi connectivity index (χ4v) is 3.88. The van der Waals surface area contributed by atoms with Crippen molar-refractivity contribution in [3.05, 3.63) is 60.2 Å². The van der Waals surface area contributed by atoms with Gasteiger partial charge in [0.25, 0.3) is 0 Å². The Morgan fingerprint density at radius 2 is 1.76 bits per heavy atom. The second-order valence-corrected chi connectivity index (χ2v) is 7.28. The Balaban J connectivity index is 1.81. The van der Waals surface area contributed by atoms with Crippen LogP contribution in [0.5, 0.6) is 11.5 Å². The number of aromatic hydroxyl groups is 1. The Bertz CT molecular complexity index is 689. The van der Waals surface area contributed by atoms with Gasteiger partial charge in [-0.15, -0.1) is 0 Å². The highest BCUT2D eigenvalue weighted by molar-refractivity contribution is 5.37. The smallest absolute Gasteiger partial charge is 0.121 e. The van der Waals surface area contributed by atoms with Crippen LogP contribution in [0.3, 0.4) is 0 Å². The van der Waals surface area contributed by atoms with Crippen molar-refractivity contribution in [2.45, 2.75) is 31.0 Å². The van der Waals surface area contributed by atoms with Crippen molar-refractivity contribution in [3.8, 4) is 11.5 Å². The van der Waals surface area contributed by atoms with Gasteiger partial charge in [-0.3, -0.25) is 0 Å². The molecule has 1 aliphatic carbocycles. The zero-order valence-electron chi connectivity index (χ0n) is 14.9. The summed E-state index contributed by atoms with van der Waals surface area (Å²) >= 11 is 0. The number of phenolic OH excluding ortho intramolecular Hbond substituents is 1. The van der Waals surface area contributed by atoms with Gasteiger partial charge in [-0.2, -0.15) is 0 Å². The van der Waals surface area contributed by atoms with Crippen LogP contribution in [0.15, 0.2) is 54.6 Å². The van der Waals surface area contributed by atoms with Crippen molar-refractivity contribution in [1.29, 1.82) is 0 Å². The predicted molar refractivity (Wildman–Crippen MR) is 98.8 cm³/mol. The van der Waals surface area contributed by atoms with Crippen LogP contribution in [-0.2, 0) is 5.60 Å². The Hall–Kier alpha value is -2.04. The Morgan fingerprint density at radius 3 is 2.44 bits per heavy atom. The first kappa shape index (κ1) is 17.8. The molecule has 134 valence electrons. The summed E-state index contributed by atoms with van der Waals surface area (Å²) in [6.45, 7) is 0.827. The summed E-state index contributed by atoms with van der Waals surface area (Å²) in [5, 5.41) is 21.5. The standard InChI is InChI=1S/C21H27NO3/c1-22(2)15-16-14-21(24,18-10-6-7-11-19(18)23)13-12-20(16)25-17-8-4-3-5-9-17/h3-11,16,20,23-24H,12-15H2,1-2H3. The lowest BCUT2D eigenvalue weighted by Crippen LogP contribution is -2.45. The topological polar surface area (TPSA) is 52.9 Å². The molecule has 3 rings (SSSR count). The fourth-order valence-electron chi connectivity index (χ4n) is 3.88. The van der Waals surface area contributed by atoms with Crippen molar-refractivity contribution in [1.82, 2.24) is 4.90 Å². The van der Waals surface area contributed by atoms with E-state index in [2.05, 4.69) is 4.90 Å². The number of rotatable bonds is 5. The quantitative estimate of drug-likeness (QED) is 0.875. The van der Waals surface area contributed by atoms with E-state index in [1.165, 1.54) is 0 Å². The first-order chi connectivity index (χ1) is 12.0. The van der Waals surface area contributed by atoms with E-state index >= 15 is 0 Å². The minimum Gasteiger partial charge on any atom is -0.508 e. The second-order valence-electron chi connectivity index (χ2n) is 7.28. The number of phenols is 1. The molecule has 0 amide bonds. The number of para-hydroxylation sites is 2. The molecule has 0 bridgehead atoms. The normalized spacial score (nSPS) is 26.6. The van der Waals surface area contributed by atoms with Crippen molar-refractivity contribution >= 4 is 0 Å². The third-order valence-corrected chi connectivity index (χ3v) is 5.00. The number of nitrogens with zero attached hydrogens (tertiary/aromatic N) is 1. The average molecular weight is 341 g/mol. The molecule has 3 unspecified atom stereocenters. The highest BCUT2D eigenvalue weighted by Crippen LogP contribution is 2.44. The van der Waals surface area contributed by atoms with Crippen molar-refractivity contribution in [2.24, 2.45) is 5.92 Å². The molecular formula is C21H27NO3. The number of aliphatic hydroxyl groups is 1. The predicted octanol–water partition coefficient (Wildman–Crippen LogP) is 3.39. The van der Waals surface area contributed by atoms with Crippen LogP contribution >= 0.6 is 0 Å². The van der Waals surface area contributed by atoms with Crippen molar-refractivity contribution < 1.29 is 14.9 Å². The minimum absolute atomic E-state index is 0.0518. The number of ether oxygens (including phenoxy) is 1. The molecule has 0 heterocycles. The highest BCUT2D eigenvalue weighted by Gasteiger charge is 2.43. The molecule has 2 aromatic carbocycles. The van der Waals surface area contributed by atoms with E-state index in [1.807, 2.05) is 56.6 Å². The number of hydrogen-bond donors (Lipinski definition) is 2. The zero-order valence-corrected chi connectivity index (χ0v) is 14.9. The van der Waals surface area contributed by atoms with E-state index in [1.54, 1.807) is 12.1 Å². The molecule has 1 saturated carbocycles. The summed E-state index contributed by atoms with van der Waals surface area (Å²) in [5.41, 5.74) is -0.389. The van der Waals surface area contributed by atoms with E-state index in [0.29, 0.717) is 18.4 Å². The van der Waals surface area contributed by atoms with Gasteiger partial charge in [0, 0.05) is 18.0 Å². The minimum atomic E-state index is -1.01. The molecule has 0 radical (unpaired) electrons. The van der Waals surface area contributed by atoms with Gasteiger partial charge >= 0.3 is 0 Å². The molecule has 0 spiro atoms. The summed E-state index contributed by atoms with van der Waals surface area (Å²) in [4.78, 5) is 2.13. The van der Waals surface area contributed by atoms with Crippen molar-refractivity contribution in [2.75, 3.05) is 20.6 Å². The van der Waals surface area contributed by atoms with Gasteiger partial charge in [0.05, 0.1) is 5.60 Å². The molecule has 4 heteroatoms. The molecule has 0 aliphatic heterocycles. The molecular weight excluding hydrogens is 314 g/mol. The van der Waals surface area contributed by atoms with Crippen LogP contribution in [0.2, 0.25) is 0 Å². The zero-order chi connectivity index (χ0) is 17.9. The van der Waals surface area contributed by atoms with Crippen molar-refractivity contribution in [3.63, 3.8) is 0 Å². The van der Waals surface area contributed by atoms with Crippen LogP contribution < -0.4 is 4.74 Å². The first-order valence-electron chi connectivity index (χ1n) is 8.85. The van der Waals surface area contributed by atoms with Crippen LogP contribution in [0.25, 0.3) is 0 Å². The number of hydrogen-bond acceptors (Lipinski definition) is 4. The van der Waals surface area contributed by atoms with E-state index < -0.39 is 5.60 Å².